The summed E-state index contributed by atoms with van der Waals surface area (Å²) >= 11 is 6.16. The van der Waals surface area contributed by atoms with Crippen molar-refractivity contribution in [3.63, 3.8) is 0 Å². The molecule has 1 atom stereocenters. The van der Waals surface area contributed by atoms with Crippen molar-refractivity contribution in [3.8, 4) is 0 Å². The minimum absolute atomic E-state index is 0.262. The molecule has 1 unspecified atom stereocenters. The maximum absolute atomic E-state index is 6.25. The van der Waals surface area contributed by atoms with E-state index in [1.165, 1.54) is 37.7 Å². The fraction of sp³-hybridized carbons (Fsp3) is 0.600. The van der Waals surface area contributed by atoms with Gasteiger partial charge in [0.25, 0.3) is 0 Å². The van der Waals surface area contributed by atoms with Crippen LogP contribution in [0.5, 0.6) is 0 Å². The zero-order chi connectivity index (χ0) is 12.1. The number of rotatable bonds is 4. The summed E-state index contributed by atoms with van der Waals surface area (Å²) in [4.78, 5) is 0. The summed E-state index contributed by atoms with van der Waals surface area (Å²) in [6.45, 7) is 0. The van der Waals surface area contributed by atoms with Gasteiger partial charge in [0.05, 0.1) is 0 Å². The van der Waals surface area contributed by atoms with E-state index in [-0.39, 0.29) is 6.04 Å². The molecule has 1 saturated carbocycles. The van der Waals surface area contributed by atoms with E-state index in [1.54, 1.807) is 0 Å². The molecule has 0 aliphatic heterocycles. The molecule has 1 aromatic carbocycles. The standard InChI is InChI=1S/C15H22ClN/c16-15-9-5-4-8-13(15)11-14(17)10-12-6-2-1-3-7-12/h4-5,8-9,12,14H,1-3,6-7,10-11,17H2. The molecule has 0 radical (unpaired) electrons. The molecule has 1 aromatic rings. The van der Waals surface area contributed by atoms with Gasteiger partial charge in [0.15, 0.2) is 0 Å². The van der Waals surface area contributed by atoms with Crippen LogP contribution in [0.15, 0.2) is 24.3 Å². The second-order valence-corrected chi connectivity index (χ2v) is 5.70. The number of nitrogens with two attached hydrogens (primary N) is 1. The first-order chi connectivity index (χ1) is 8.25. The van der Waals surface area contributed by atoms with E-state index in [0.717, 1.165) is 23.8 Å². The first kappa shape index (κ1) is 12.9. The SMILES string of the molecule is NC(Cc1ccccc1Cl)CC1CCCCC1. The predicted octanol–water partition coefficient (Wildman–Crippen LogP) is 4.18. The Balaban J connectivity index is 1.84. The smallest absolute Gasteiger partial charge is 0.0438 e. The number of benzene rings is 1. The fourth-order valence-electron chi connectivity index (χ4n) is 2.88. The maximum atomic E-state index is 6.25. The summed E-state index contributed by atoms with van der Waals surface area (Å²) < 4.78 is 0. The van der Waals surface area contributed by atoms with Gasteiger partial charge in [-0.15, -0.1) is 0 Å². The highest BCUT2D eigenvalue weighted by Gasteiger charge is 2.17. The first-order valence-electron chi connectivity index (χ1n) is 6.74. The zero-order valence-electron chi connectivity index (χ0n) is 10.4. The molecule has 0 aromatic heterocycles. The van der Waals surface area contributed by atoms with Gasteiger partial charge in [-0.25, -0.2) is 0 Å². The quantitative estimate of drug-likeness (QED) is 0.854. The molecule has 2 rings (SSSR count). The van der Waals surface area contributed by atoms with E-state index in [0.29, 0.717) is 0 Å². The Bertz CT molecular complexity index is 345. The van der Waals surface area contributed by atoms with E-state index in [9.17, 15) is 0 Å². The van der Waals surface area contributed by atoms with Crippen molar-refractivity contribution in [1.29, 1.82) is 0 Å². The lowest BCUT2D eigenvalue weighted by molar-refractivity contribution is 0.317. The van der Waals surface area contributed by atoms with E-state index in [2.05, 4.69) is 6.07 Å². The van der Waals surface area contributed by atoms with Crippen molar-refractivity contribution >= 4 is 11.6 Å². The Morgan fingerprint density at radius 3 is 2.59 bits per heavy atom. The fourth-order valence-corrected chi connectivity index (χ4v) is 3.09. The molecule has 2 heteroatoms. The Morgan fingerprint density at radius 2 is 1.88 bits per heavy atom. The summed E-state index contributed by atoms with van der Waals surface area (Å²) in [5.74, 6) is 0.848. The van der Waals surface area contributed by atoms with Crippen LogP contribution in [0.25, 0.3) is 0 Å². The second-order valence-electron chi connectivity index (χ2n) is 5.30. The molecule has 0 spiro atoms. The molecule has 1 nitrogen and oxygen atoms in total. The highest BCUT2D eigenvalue weighted by atomic mass is 35.5. The highest BCUT2D eigenvalue weighted by molar-refractivity contribution is 6.31. The summed E-state index contributed by atoms with van der Waals surface area (Å²) in [7, 11) is 0. The summed E-state index contributed by atoms with van der Waals surface area (Å²) in [5, 5.41) is 0.853. The third-order valence-corrected chi connectivity index (χ3v) is 4.17. The van der Waals surface area contributed by atoms with Gasteiger partial charge in [0, 0.05) is 11.1 Å². The Kier molecular flexibility index (Phi) is 4.87. The maximum Gasteiger partial charge on any atom is 0.0438 e. The van der Waals surface area contributed by atoms with Crippen molar-refractivity contribution in [2.45, 2.75) is 51.0 Å². The molecular weight excluding hydrogens is 230 g/mol. The van der Waals surface area contributed by atoms with Crippen LogP contribution in [-0.4, -0.2) is 6.04 Å². The normalized spacial score (nSPS) is 19.2. The average Bonchev–Trinajstić information content (AvgIpc) is 2.33. The lowest BCUT2D eigenvalue weighted by Crippen LogP contribution is -2.27. The average molecular weight is 252 g/mol. The van der Waals surface area contributed by atoms with Crippen LogP contribution in [0.2, 0.25) is 5.02 Å². The van der Waals surface area contributed by atoms with Crippen molar-refractivity contribution in [3.05, 3.63) is 34.9 Å². The van der Waals surface area contributed by atoms with Crippen molar-refractivity contribution < 1.29 is 0 Å². The molecule has 0 heterocycles. The first-order valence-corrected chi connectivity index (χ1v) is 7.12. The molecule has 1 aliphatic rings. The zero-order valence-corrected chi connectivity index (χ0v) is 11.1. The number of halogens is 1. The van der Waals surface area contributed by atoms with E-state index < -0.39 is 0 Å². The van der Waals surface area contributed by atoms with E-state index in [1.807, 2.05) is 18.2 Å². The van der Waals surface area contributed by atoms with Crippen molar-refractivity contribution in [2.24, 2.45) is 11.7 Å². The molecule has 1 fully saturated rings. The van der Waals surface area contributed by atoms with Gasteiger partial charge in [0.2, 0.25) is 0 Å². The van der Waals surface area contributed by atoms with Crippen LogP contribution in [0, 0.1) is 5.92 Å². The van der Waals surface area contributed by atoms with Crippen LogP contribution >= 0.6 is 11.6 Å². The number of hydrogen-bond donors (Lipinski definition) is 1. The molecule has 17 heavy (non-hydrogen) atoms. The van der Waals surface area contributed by atoms with E-state index >= 15 is 0 Å². The van der Waals surface area contributed by atoms with Crippen molar-refractivity contribution in [2.75, 3.05) is 0 Å². The minimum Gasteiger partial charge on any atom is -0.327 e. The van der Waals surface area contributed by atoms with Crippen LogP contribution < -0.4 is 5.73 Å². The number of hydrogen-bond acceptors (Lipinski definition) is 1. The molecule has 0 amide bonds. The van der Waals surface area contributed by atoms with Gasteiger partial charge < -0.3 is 5.73 Å². The lowest BCUT2D eigenvalue weighted by Gasteiger charge is -2.24. The van der Waals surface area contributed by atoms with Crippen LogP contribution in [0.1, 0.15) is 44.1 Å². The monoisotopic (exact) mass is 251 g/mol. The molecule has 2 N–H and O–H groups in total. The summed E-state index contributed by atoms with van der Waals surface area (Å²) in [6, 6.07) is 8.30. The van der Waals surface area contributed by atoms with Crippen molar-refractivity contribution in [1.82, 2.24) is 0 Å². The minimum atomic E-state index is 0.262. The Morgan fingerprint density at radius 1 is 1.18 bits per heavy atom. The third-order valence-electron chi connectivity index (χ3n) is 3.80. The third kappa shape index (κ3) is 4.01. The van der Waals surface area contributed by atoms with E-state index in [4.69, 9.17) is 17.3 Å². The molecule has 1 aliphatic carbocycles. The van der Waals surface area contributed by atoms with Crippen LogP contribution in [0.4, 0.5) is 0 Å². The molecular formula is C15H22ClN. The van der Waals surface area contributed by atoms with Gasteiger partial charge >= 0.3 is 0 Å². The van der Waals surface area contributed by atoms with Gasteiger partial charge in [-0.1, -0.05) is 61.9 Å². The molecule has 94 valence electrons. The molecule has 0 bridgehead atoms. The Labute approximate surface area is 109 Å². The topological polar surface area (TPSA) is 26.0 Å². The van der Waals surface area contributed by atoms with Crippen LogP contribution in [-0.2, 0) is 6.42 Å². The van der Waals surface area contributed by atoms with Gasteiger partial charge in [-0.2, -0.15) is 0 Å². The second kappa shape index (κ2) is 6.42. The predicted molar refractivity (Wildman–Crippen MR) is 74.3 cm³/mol. The Hall–Kier alpha value is -0.530. The van der Waals surface area contributed by atoms with Gasteiger partial charge in [0.1, 0.15) is 0 Å². The summed E-state index contributed by atoms with van der Waals surface area (Å²) in [6.07, 6.45) is 9.01. The van der Waals surface area contributed by atoms with Gasteiger partial charge in [-0.05, 0) is 30.4 Å². The highest BCUT2D eigenvalue weighted by Crippen LogP contribution is 2.28. The molecule has 0 saturated heterocycles. The summed E-state index contributed by atoms with van der Waals surface area (Å²) in [5.41, 5.74) is 7.44. The van der Waals surface area contributed by atoms with Crippen LogP contribution in [0.3, 0.4) is 0 Å². The largest absolute Gasteiger partial charge is 0.327 e. The lowest BCUT2D eigenvalue weighted by atomic mass is 9.84. The van der Waals surface area contributed by atoms with Gasteiger partial charge in [-0.3, -0.25) is 0 Å².